The number of nitrogens with one attached hydrogen (secondary N) is 2. The third-order valence-electron chi connectivity index (χ3n) is 4.54. The van der Waals surface area contributed by atoms with Gasteiger partial charge in [0.2, 0.25) is 10.0 Å². The summed E-state index contributed by atoms with van der Waals surface area (Å²) in [6, 6.07) is 0.165. The minimum Gasteiger partial charge on any atom is -0.347 e. The average Bonchev–Trinajstić information content (AvgIpc) is 3.12. The molecule has 1 saturated carbocycles. The van der Waals surface area contributed by atoms with Gasteiger partial charge in [0.1, 0.15) is 0 Å². The van der Waals surface area contributed by atoms with Gasteiger partial charge >= 0.3 is 0 Å². The van der Waals surface area contributed by atoms with Gasteiger partial charge in [-0.1, -0.05) is 12.8 Å². The summed E-state index contributed by atoms with van der Waals surface area (Å²) in [6.45, 7) is 2.31. The zero-order valence-electron chi connectivity index (χ0n) is 12.3. The molecule has 1 aromatic rings. The zero-order chi connectivity index (χ0) is 14.7. The fourth-order valence-electron chi connectivity index (χ4n) is 3.39. The van der Waals surface area contributed by atoms with Gasteiger partial charge in [0.05, 0.1) is 11.6 Å². The molecule has 1 atom stereocenters. The van der Waals surface area contributed by atoms with Gasteiger partial charge in [-0.2, -0.15) is 0 Å². The number of piperidine rings is 1. The van der Waals surface area contributed by atoms with Crippen molar-refractivity contribution in [3.8, 4) is 0 Å². The molecule has 2 N–H and O–H groups in total. The molecular weight excluding hydrogens is 288 g/mol. The second-order valence-electron chi connectivity index (χ2n) is 6.22. The molecule has 1 saturated heterocycles. The van der Waals surface area contributed by atoms with Crippen LogP contribution in [0.25, 0.3) is 0 Å². The summed E-state index contributed by atoms with van der Waals surface area (Å²) in [4.78, 5) is 9.29. The lowest BCUT2D eigenvalue weighted by Gasteiger charge is -2.32. The second-order valence-corrected chi connectivity index (χ2v) is 8.21. The Morgan fingerprint density at radius 2 is 2.10 bits per heavy atom. The first-order valence-corrected chi connectivity index (χ1v) is 9.39. The van der Waals surface area contributed by atoms with Gasteiger partial charge in [-0.05, 0) is 32.2 Å². The Morgan fingerprint density at radius 1 is 1.29 bits per heavy atom. The number of nitrogens with zero attached hydrogens (tertiary/aromatic N) is 2. The van der Waals surface area contributed by atoms with Crippen LogP contribution in [0, 0.1) is 0 Å². The minimum absolute atomic E-state index is 0.165. The predicted octanol–water partition coefficient (Wildman–Crippen LogP) is 1.24. The van der Waals surface area contributed by atoms with Crippen molar-refractivity contribution >= 4 is 10.0 Å². The molecule has 2 heterocycles. The SMILES string of the molecule is O=S(=O)(NC1CCCC1)[C@@H]1CCCN(Cc2cnc[nH]2)C1. The Labute approximate surface area is 126 Å². The van der Waals surface area contributed by atoms with Crippen LogP contribution in [0.15, 0.2) is 12.5 Å². The first kappa shape index (κ1) is 15.0. The van der Waals surface area contributed by atoms with Crippen molar-refractivity contribution in [2.45, 2.75) is 56.4 Å². The molecule has 0 spiro atoms. The van der Waals surface area contributed by atoms with Crippen LogP contribution in [0.3, 0.4) is 0 Å². The summed E-state index contributed by atoms with van der Waals surface area (Å²) >= 11 is 0. The Morgan fingerprint density at radius 3 is 2.81 bits per heavy atom. The van der Waals surface area contributed by atoms with Gasteiger partial charge in [0.15, 0.2) is 0 Å². The molecule has 3 rings (SSSR count). The zero-order valence-corrected chi connectivity index (χ0v) is 13.1. The Balaban J connectivity index is 1.59. The van der Waals surface area contributed by atoms with E-state index < -0.39 is 10.0 Å². The van der Waals surface area contributed by atoms with E-state index in [1.54, 1.807) is 12.5 Å². The third kappa shape index (κ3) is 3.84. The van der Waals surface area contributed by atoms with Crippen LogP contribution in [0.2, 0.25) is 0 Å². The molecule has 0 aromatic carbocycles. The fourth-order valence-corrected chi connectivity index (χ4v) is 5.17. The van der Waals surface area contributed by atoms with Crippen LogP contribution >= 0.6 is 0 Å². The Hall–Kier alpha value is -0.920. The monoisotopic (exact) mass is 312 g/mol. The average molecular weight is 312 g/mol. The van der Waals surface area contributed by atoms with Crippen LogP contribution in [0.5, 0.6) is 0 Å². The van der Waals surface area contributed by atoms with Crippen LogP contribution in [0.1, 0.15) is 44.2 Å². The standard InChI is InChI=1S/C14H24N4O2S/c19-21(20,17-12-4-1-2-5-12)14-6-3-7-18(10-14)9-13-8-15-11-16-13/h8,11-12,14,17H,1-7,9-10H2,(H,15,16)/t14-/m1/s1. The second kappa shape index (κ2) is 6.46. The summed E-state index contributed by atoms with van der Waals surface area (Å²) in [7, 11) is -3.20. The molecule has 118 valence electrons. The van der Waals surface area contributed by atoms with Gasteiger partial charge in [0, 0.05) is 31.0 Å². The van der Waals surface area contributed by atoms with Gasteiger partial charge in [-0.25, -0.2) is 18.1 Å². The maximum absolute atomic E-state index is 12.5. The number of aromatic nitrogens is 2. The van der Waals surface area contributed by atoms with E-state index in [1.165, 1.54) is 0 Å². The Bertz CT molecular complexity index is 537. The molecule has 1 aromatic heterocycles. The molecule has 6 nitrogen and oxygen atoms in total. The number of rotatable bonds is 5. The van der Waals surface area contributed by atoms with Gasteiger partial charge in [0.25, 0.3) is 0 Å². The van der Waals surface area contributed by atoms with Crippen molar-refractivity contribution < 1.29 is 8.42 Å². The largest absolute Gasteiger partial charge is 0.347 e. The quantitative estimate of drug-likeness (QED) is 0.857. The molecule has 1 aliphatic heterocycles. The molecular formula is C14H24N4O2S. The summed E-state index contributed by atoms with van der Waals surface area (Å²) in [5, 5.41) is -0.283. The highest BCUT2D eigenvalue weighted by molar-refractivity contribution is 7.90. The first-order valence-electron chi connectivity index (χ1n) is 7.84. The van der Waals surface area contributed by atoms with Crippen LogP contribution in [0.4, 0.5) is 0 Å². The lowest BCUT2D eigenvalue weighted by Crippen LogP contribution is -2.48. The van der Waals surface area contributed by atoms with E-state index in [0.29, 0.717) is 6.54 Å². The van der Waals surface area contributed by atoms with Crippen molar-refractivity contribution in [1.82, 2.24) is 19.6 Å². The number of imidazole rings is 1. The van der Waals surface area contributed by atoms with Crippen molar-refractivity contribution in [2.24, 2.45) is 0 Å². The maximum atomic E-state index is 12.5. The third-order valence-corrected chi connectivity index (χ3v) is 6.46. The van der Waals surface area contributed by atoms with Gasteiger partial charge in [-0.3, -0.25) is 4.90 Å². The molecule has 0 unspecified atom stereocenters. The number of aromatic amines is 1. The first-order chi connectivity index (χ1) is 10.1. The summed E-state index contributed by atoms with van der Waals surface area (Å²) in [6.07, 6.45) is 9.43. The number of hydrogen-bond acceptors (Lipinski definition) is 4. The van der Waals surface area contributed by atoms with Crippen molar-refractivity contribution in [3.63, 3.8) is 0 Å². The molecule has 0 amide bonds. The highest BCUT2D eigenvalue weighted by Gasteiger charge is 2.33. The molecule has 0 bridgehead atoms. The molecule has 2 fully saturated rings. The summed E-state index contributed by atoms with van der Waals surface area (Å²) < 4.78 is 28.0. The van der Waals surface area contributed by atoms with Crippen molar-refractivity contribution in [3.05, 3.63) is 18.2 Å². The smallest absolute Gasteiger partial charge is 0.215 e. The molecule has 2 aliphatic rings. The topological polar surface area (TPSA) is 78.1 Å². The number of sulfonamides is 1. The van der Waals surface area contributed by atoms with Crippen LogP contribution in [-0.2, 0) is 16.6 Å². The summed E-state index contributed by atoms with van der Waals surface area (Å²) in [5.74, 6) is 0. The van der Waals surface area contributed by atoms with Crippen molar-refractivity contribution in [1.29, 1.82) is 0 Å². The van der Waals surface area contributed by atoms with E-state index in [4.69, 9.17) is 0 Å². The van der Waals surface area contributed by atoms with E-state index in [0.717, 1.165) is 57.3 Å². The molecule has 21 heavy (non-hydrogen) atoms. The molecule has 0 radical (unpaired) electrons. The highest BCUT2D eigenvalue weighted by atomic mass is 32.2. The van der Waals surface area contributed by atoms with Crippen LogP contribution in [-0.4, -0.2) is 47.7 Å². The van der Waals surface area contributed by atoms with E-state index >= 15 is 0 Å². The molecule has 7 heteroatoms. The summed E-state index contributed by atoms with van der Waals surface area (Å²) in [5.41, 5.74) is 1.04. The highest BCUT2D eigenvalue weighted by Crippen LogP contribution is 2.22. The normalized spacial score (nSPS) is 25.4. The Kier molecular flexibility index (Phi) is 4.61. The lowest BCUT2D eigenvalue weighted by molar-refractivity contribution is 0.219. The number of hydrogen-bond donors (Lipinski definition) is 2. The van der Waals surface area contributed by atoms with E-state index in [9.17, 15) is 8.42 Å². The van der Waals surface area contributed by atoms with Crippen molar-refractivity contribution in [2.75, 3.05) is 13.1 Å². The number of likely N-dealkylation sites (tertiary alicyclic amines) is 1. The molecule has 1 aliphatic carbocycles. The van der Waals surface area contributed by atoms with E-state index in [2.05, 4.69) is 19.6 Å². The van der Waals surface area contributed by atoms with Gasteiger partial charge in [-0.15, -0.1) is 0 Å². The van der Waals surface area contributed by atoms with Crippen LogP contribution < -0.4 is 4.72 Å². The maximum Gasteiger partial charge on any atom is 0.215 e. The fraction of sp³-hybridized carbons (Fsp3) is 0.786. The predicted molar refractivity (Wildman–Crippen MR) is 81.2 cm³/mol. The van der Waals surface area contributed by atoms with Gasteiger partial charge < -0.3 is 4.98 Å². The lowest BCUT2D eigenvalue weighted by atomic mass is 10.1. The number of H-pyrrole nitrogens is 1. The van der Waals surface area contributed by atoms with E-state index in [-0.39, 0.29) is 11.3 Å². The minimum atomic E-state index is -3.20. The van der Waals surface area contributed by atoms with E-state index in [1.807, 2.05) is 0 Å².